The zero-order chi connectivity index (χ0) is 31.8. The van der Waals surface area contributed by atoms with Crippen molar-refractivity contribution in [1.82, 2.24) is 34.1 Å². The summed E-state index contributed by atoms with van der Waals surface area (Å²) in [6, 6.07) is 1.52. The van der Waals surface area contributed by atoms with E-state index in [0.29, 0.717) is 11.2 Å². The number of ether oxygens (including phenoxy) is 1. The second-order valence-corrected chi connectivity index (χ2v) is 14.5. The quantitative estimate of drug-likeness (QED) is 0.124. The van der Waals surface area contributed by atoms with Crippen LogP contribution in [-0.4, -0.2) is 103 Å². The van der Waals surface area contributed by atoms with Crippen LogP contribution < -0.4 is 17.0 Å². The second kappa shape index (κ2) is 11.1. The fourth-order valence-electron chi connectivity index (χ4n) is 5.38. The van der Waals surface area contributed by atoms with Crippen LogP contribution in [0.3, 0.4) is 0 Å². The smallest absolute Gasteiger partial charge is 0.397 e. The Morgan fingerprint density at radius 1 is 0.933 bits per heavy atom. The highest BCUT2D eigenvalue weighted by molar-refractivity contribution is 8.00. The van der Waals surface area contributed by atoms with E-state index in [1.54, 1.807) is 0 Å². The summed E-state index contributed by atoms with van der Waals surface area (Å²) >= 11 is 0.913. The largest absolute Gasteiger partial charge is 0.472 e. The number of thioether (sulfide) groups is 1. The van der Waals surface area contributed by atoms with Crippen LogP contribution in [0.1, 0.15) is 11.6 Å². The Labute approximate surface area is 254 Å². The highest BCUT2D eigenvalue weighted by atomic mass is 32.2. The van der Waals surface area contributed by atoms with Crippen molar-refractivity contribution in [3.8, 4) is 0 Å². The van der Waals surface area contributed by atoms with Crippen molar-refractivity contribution in [2.45, 2.75) is 47.4 Å². The molecule has 4 unspecified atom stereocenters. The van der Waals surface area contributed by atoms with E-state index in [1.807, 2.05) is 0 Å². The number of fused-ring (bicyclic) bond motifs is 5. The van der Waals surface area contributed by atoms with Gasteiger partial charge in [-0.1, -0.05) is 0 Å². The first kappa shape index (κ1) is 30.7. The number of phosphoric ester groups is 2. The number of nitrogens with one attached hydrogen (secondary N) is 1. The highest BCUT2D eigenvalue weighted by Gasteiger charge is 2.53. The van der Waals surface area contributed by atoms with E-state index in [9.17, 15) is 33.9 Å². The number of nitrogen functional groups attached to an aromatic ring is 2. The molecule has 0 saturated carbocycles. The number of aromatic amines is 1. The molecule has 0 spiro atoms. The monoisotopic (exact) mass is 689 g/mol. The van der Waals surface area contributed by atoms with Crippen LogP contribution in [0.15, 0.2) is 29.7 Å². The van der Waals surface area contributed by atoms with Gasteiger partial charge in [0.05, 0.1) is 42.9 Å². The summed E-state index contributed by atoms with van der Waals surface area (Å²) in [6.07, 6.45) is -5.25. The lowest BCUT2D eigenvalue weighted by molar-refractivity contribution is -0.0547. The molecule has 242 valence electrons. The number of aliphatic hydroxyl groups excluding tert-OH is 2. The Hall–Kier alpha value is -2.98. The summed E-state index contributed by atoms with van der Waals surface area (Å²) in [4.78, 5) is 52.5. The SMILES string of the molecule is Nc1nc2c(ncn2[C@@H]2S[C@@H]3COP(=O)(O)OC4[C@@H](COP(=O)(O)O[C@H]2C3O)O[C@@H](n2cnc3c(N)ccnc32)[C@H]4O)c(=O)[nH]1. The summed E-state index contributed by atoms with van der Waals surface area (Å²) in [5.41, 5.74) is 11.7. The molecule has 0 amide bonds. The maximum atomic E-state index is 13.2. The number of imidazole rings is 2. The molecule has 7 heterocycles. The molecule has 3 saturated heterocycles. The Bertz CT molecular complexity index is 1940. The van der Waals surface area contributed by atoms with E-state index in [-0.39, 0.29) is 22.8 Å². The van der Waals surface area contributed by atoms with Gasteiger partial charge in [0.2, 0.25) is 5.95 Å². The highest BCUT2D eigenvalue weighted by Crippen LogP contribution is 2.56. The number of phosphoric acid groups is 2. The van der Waals surface area contributed by atoms with Crippen LogP contribution in [0.25, 0.3) is 22.3 Å². The Morgan fingerprint density at radius 2 is 1.62 bits per heavy atom. The van der Waals surface area contributed by atoms with Gasteiger partial charge in [-0.2, -0.15) is 4.98 Å². The molecule has 0 aliphatic carbocycles. The topological polar surface area (TPSA) is 308 Å². The van der Waals surface area contributed by atoms with Crippen molar-refractivity contribution < 1.29 is 52.0 Å². The van der Waals surface area contributed by atoms with Crippen LogP contribution in [0.2, 0.25) is 0 Å². The second-order valence-electron chi connectivity index (χ2n) is 10.3. The van der Waals surface area contributed by atoms with Crippen LogP contribution in [0.4, 0.5) is 11.6 Å². The molecule has 21 nitrogen and oxygen atoms in total. The van der Waals surface area contributed by atoms with Crippen LogP contribution in [0.5, 0.6) is 0 Å². The fraction of sp³-hybridized carbons (Fsp3) is 0.476. The summed E-state index contributed by atoms with van der Waals surface area (Å²) in [5.74, 6) is -0.235. The Balaban J connectivity index is 1.21. The fourth-order valence-corrected chi connectivity index (χ4v) is 8.96. The third-order valence-corrected chi connectivity index (χ3v) is 10.9. The molecule has 4 aromatic heterocycles. The first-order valence-electron chi connectivity index (χ1n) is 13.1. The molecule has 3 aliphatic rings. The minimum atomic E-state index is -5.04. The summed E-state index contributed by atoms with van der Waals surface area (Å²) in [7, 11) is -10.0. The number of nitrogens with two attached hydrogens (primary N) is 2. The van der Waals surface area contributed by atoms with Crippen molar-refractivity contribution in [2.75, 3.05) is 24.7 Å². The molecule has 45 heavy (non-hydrogen) atoms. The van der Waals surface area contributed by atoms with Crippen LogP contribution >= 0.6 is 27.4 Å². The summed E-state index contributed by atoms with van der Waals surface area (Å²) in [6.45, 7) is -1.41. The number of hydrogen-bond acceptors (Lipinski definition) is 17. The minimum absolute atomic E-state index is 0.0208. The predicted octanol–water partition coefficient (Wildman–Crippen LogP) is -1.02. The molecular weight excluding hydrogens is 664 g/mol. The lowest BCUT2D eigenvalue weighted by atomic mass is 10.1. The van der Waals surface area contributed by atoms with Crippen molar-refractivity contribution in [1.29, 1.82) is 0 Å². The van der Waals surface area contributed by atoms with E-state index in [0.717, 1.165) is 11.8 Å². The first-order valence-corrected chi connectivity index (χ1v) is 17.0. The average Bonchev–Trinajstić information content (AvgIpc) is 3.72. The average molecular weight is 689 g/mol. The van der Waals surface area contributed by atoms with Crippen LogP contribution in [-0.2, 0) is 32.0 Å². The molecule has 0 radical (unpaired) electrons. The molecule has 7 rings (SSSR count). The van der Waals surface area contributed by atoms with Gasteiger partial charge >= 0.3 is 15.6 Å². The van der Waals surface area contributed by atoms with Gasteiger partial charge in [-0.05, 0) is 6.07 Å². The van der Waals surface area contributed by atoms with Gasteiger partial charge in [-0.25, -0.2) is 24.1 Å². The molecule has 3 fully saturated rings. The van der Waals surface area contributed by atoms with Gasteiger partial charge in [0, 0.05) is 6.20 Å². The molecule has 9 N–H and O–H groups in total. The standard InChI is InChI=1S/C21H25N9O12P2S/c22-7-1-2-24-16-10(7)25-5-29(16)19-13(32)14-8(40-19)3-38-43(34,35)42-15-12(31)9(4-39-44(36,37)41-14)45-20(15)30-6-26-11-17(30)27-21(23)28-18(11)33/h1-2,5-6,8-9,12-15,19-20,31-32H,3-4H2,(H2,22,24)(H,34,35)(H,36,37)(H3,23,27,28,33)/t8-,9-,12?,13+,14?,15+,19-,20-/m1/s1. The molecular formula is C21H25N9O12P2S. The first-order chi connectivity index (χ1) is 21.3. The van der Waals surface area contributed by atoms with E-state index < -0.39 is 81.8 Å². The van der Waals surface area contributed by atoms with Gasteiger partial charge in [0.15, 0.2) is 23.0 Å². The lowest BCUT2D eigenvalue weighted by Gasteiger charge is -2.26. The molecule has 4 aromatic rings. The van der Waals surface area contributed by atoms with Crippen molar-refractivity contribution >= 4 is 61.4 Å². The predicted molar refractivity (Wildman–Crippen MR) is 152 cm³/mol. The number of aromatic nitrogens is 7. The molecule has 0 aromatic carbocycles. The van der Waals surface area contributed by atoms with E-state index >= 15 is 0 Å². The third kappa shape index (κ3) is 5.45. The zero-order valence-electron chi connectivity index (χ0n) is 22.5. The van der Waals surface area contributed by atoms with Gasteiger partial charge in [-0.15, -0.1) is 11.8 Å². The lowest BCUT2D eigenvalue weighted by Crippen LogP contribution is -2.36. The van der Waals surface area contributed by atoms with Crippen molar-refractivity contribution in [3.05, 3.63) is 35.3 Å². The molecule has 24 heteroatoms. The normalized spacial score (nSPS) is 37.7. The third-order valence-electron chi connectivity index (χ3n) is 7.43. The number of nitrogens with zero attached hydrogens (tertiary/aromatic N) is 6. The van der Waals surface area contributed by atoms with Gasteiger partial charge in [-0.3, -0.25) is 37.0 Å². The summed E-state index contributed by atoms with van der Waals surface area (Å²) < 4.78 is 56.0. The number of aliphatic hydroxyl groups is 2. The van der Waals surface area contributed by atoms with E-state index in [2.05, 4.69) is 24.9 Å². The Kier molecular flexibility index (Phi) is 7.55. The number of pyridine rings is 1. The van der Waals surface area contributed by atoms with E-state index in [1.165, 1.54) is 34.1 Å². The Morgan fingerprint density at radius 3 is 2.40 bits per heavy atom. The van der Waals surface area contributed by atoms with E-state index in [4.69, 9.17) is 34.3 Å². The maximum absolute atomic E-state index is 13.2. The maximum Gasteiger partial charge on any atom is 0.472 e. The van der Waals surface area contributed by atoms with Gasteiger partial charge < -0.3 is 36.2 Å². The number of hydrogen-bond donors (Lipinski definition) is 7. The van der Waals surface area contributed by atoms with Gasteiger partial charge in [0.25, 0.3) is 5.56 Å². The zero-order valence-corrected chi connectivity index (χ0v) is 25.1. The number of H-pyrrole nitrogens is 1. The molecule has 10 atom stereocenters. The van der Waals surface area contributed by atoms with Crippen molar-refractivity contribution in [2.24, 2.45) is 0 Å². The molecule has 2 bridgehead atoms. The van der Waals surface area contributed by atoms with Crippen LogP contribution in [0, 0.1) is 0 Å². The molecule has 3 aliphatic heterocycles. The number of anilines is 2. The van der Waals surface area contributed by atoms with Gasteiger partial charge in [0.1, 0.15) is 35.3 Å². The number of rotatable bonds is 2. The van der Waals surface area contributed by atoms with Crippen molar-refractivity contribution in [3.63, 3.8) is 0 Å². The minimum Gasteiger partial charge on any atom is -0.397 e. The summed E-state index contributed by atoms with van der Waals surface area (Å²) in [5, 5.41) is 20.1.